The highest BCUT2D eigenvalue weighted by atomic mass is 16.2. The molecule has 4 heteroatoms. The summed E-state index contributed by atoms with van der Waals surface area (Å²) in [5.41, 5.74) is 0.986. The van der Waals surface area contributed by atoms with E-state index in [-0.39, 0.29) is 0 Å². The first kappa shape index (κ1) is 14.6. The van der Waals surface area contributed by atoms with E-state index in [1.807, 2.05) is 30.3 Å². The predicted molar refractivity (Wildman–Crippen MR) is 77.9 cm³/mol. The summed E-state index contributed by atoms with van der Waals surface area (Å²) in [6, 6.07) is 9.56. The van der Waals surface area contributed by atoms with Crippen molar-refractivity contribution in [2.45, 2.75) is 38.6 Å². The van der Waals surface area contributed by atoms with Gasteiger partial charge in [-0.15, -0.1) is 0 Å². The largest absolute Gasteiger partial charge is 0.348 e. The monoisotopic (exact) mass is 274 g/mol. The van der Waals surface area contributed by atoms with E-state index >= 15 is 0 Å². The zero-order chi connectivity index (χ0) is 14.2. The third-order valence-corrected chi connectivity index (χ3v) is 3.82. The lowest BCUT2D eigenvalue weighted by Gasteiger charge is -2.10. The molecular weight excluding hydrogens is 252 g/mol. The summed E-state index contributed by atoms with van der Waals surface area (Å²) in [7, 11) is 0. The normalized spacial score (nSPS) is 15.0. The number of benzene rings is 1. The number of carbonyl (C=O) groups is 2. The first-order valence-corrected chi connectivity index (χ1v) is 7.35. The van der Waals surface area contributed by atoms with Crippen molar-refractivity contribution in [2.24, 2.45) is 5.92 Å². The van der Waals surface area contributed by atoms with E-state index in [9.17, 15) is 9.59 Å². The molecule has 1 aromatic rings. The molecule has 108 valence electrons. The van der Waals surface area contributed by atoms with Crippen LogP contribution in [0.4, 0.5) is 0 Å². The molecule has 0 aliphatic heterocycles. The van der Waals surface area contributed by atoms with Crippen LogP contribution >= 0.6 is 0 Å². The lowest BCUT2D eigenvalue weighted by molar-refractivity contribution is -0.139. The Morgan fingerprint density at radius 3 is 2.35 bits per heavy atom. The molecule has 0 unspecified atom stereocenters. The average molecular weight is 274 g/mol. The number of hydrogen-bond acceptors (Lipinski definition) is 2. The van der Waals surface area contributed by atoms with Gasteiger partial charge in [0.25, 0.3) is 0 Å². The van der Waals surface area contributed by atoms with Crippen LogP contribution in [0.25, 0.3) is 0 Å². The van der Waals surface area contributed by atoms with Crippen LogP contribution in [0.5, 0.6) is 0 Å². The minimum atomic E-state index is -0.555. The maximum Gasteiger partial charge on any atom is 0.309 e. The first-order chi connectivity index (χ1) is 9.75. The van der Waals surface area contributed by atoms with Crippen LogP contribution < -0.4 is 10.6 Å². The van der Waals surface area contributed by atoms with Gasteiger partial charge in [0.2, 0.25) is 0 Å². The maximum absolute atomic E-state index is 11.6. The van der Waals surface area contributed by atoms with E-state index < -0.39 is 11.8 Å². The zero-order valence-electron chi connectivity index (χ0n) is 11.7. The summed E-state index contributed by atoms with van der Waals surface area (Å²) < 4.78 is 0. The van der Waals surface area contributed by atoms with Crippen LogP contribution in [-0.4, -0.2) is 18.4 Å². The van der Waals surface area contributed by atoms with E-state index in [0.717, 1.165) is 17.9 Å². The quantitative estimate of drug-likeness (QED) is 0.807. The van der Waals surface area contributed by atoms with Gasteiger partial charge in [-0.1, -0.05) is 56.0 Å². The standard InChI is InChI=1S/C16H22N2O2/c19-15(17-11-10-13-6-4-5-7-13)16(20)18-12-14-8-2-1-3-9-14/h1-3,8-9,13H,4-7,10-12H2,(H,17,19)(H,18,20). The van der Waals surface area contributed by atoms with E-state index in [4.69, 9.17) is 0 Å². The van der Waals surface area contributed by atoms with Crippen molar-refractivity contribution in [1.29, 1.82) is 0 Å². The van der Waals surface area contributed by atoms with Crippen LogP contribution in [0.15, 0.2) is 30.3 Å². The van der Waals surface area contributed by atoms with Crippen molar-refractivity contribution in [1.82, 2.24) is 10.6 Å². The molecule has 1 aliphatic rings. The minimum Gasteiger partial charge on any atom is -0.348 e. The summed E-state index contributed by atoms with van der Waals surface area (Å²) in [6.07, 6.45) is 6.11. The first-order valence-electron chi connectivity index (χ1n) is 7.35. The Morgan fingerprint density at radius 1 is 1.00 bits per heavy atom. The molecule has 0 bridgehead atoms. The van der Waals surface area contributed by atoms with Crippen LogP contribution in [0.3, 0.4) is 0 Å². The summed E-state index contributed by atoms with van der Waals surface area (Å²) in [4.78, 5) is 23.2. The van der Waals surface area contributed by atoms with Crippen LogP contribution in [0, 0.1) is 5.92 Å². The lowest BCUT2D eigenvalue weighted by atomic mass is 10.0. The SMILES string of the molecule is O=C(NCCC1CCCC1)C(=O)NCc1ccccc1. The number of rotatable bonds is 5. The van der Waals surface area contributed by atoms with E-state index in [2.05, 4.69) is 10.6 Å². The molecule has 0 saturated heterocycles. The minimum absolute atomic E-state index is 0.385. The molecule has 1 aromatic carbocycles. The van der Waals surface area contributed by atoms with Crippen LogP contribution in [0.2, 0.25) is 0 Å². The highest BCUT2D eigenvalue weighted by molar-refractivity contribution is 6.35. The fraction of sp³-hybridized carbons (Fsp3) is 0.500. The Morgan fingerprint density at radius 2 is 1.65 bits per heavy atom. The molecule has 0 atom stereocenters. The Balaban J connectivity index is 1.63. The van der Waals surface area contributed by atoms with Gasteiger partial charge in [0.1, 0.15) is 0 Å². The molecule has 2 amide bonds. The average Bonchev–Trinajstić information content (AvgIpc) is 2.99. The smallest absolute Gasteiger partial charge is 0.309 e. The van der Waals surface area contributed by atoms with Gasteiger partial charge in [-0.25, -0.2) is 0 Å². The van der Waals surface area contributed by atoms with Gasteiger partial charge < -0.3 is 10.6 Å². The Kier molecular flexibility index (Phi) is 5.59. The molecule has 0 spiro atoms. The van der Waals surface area contributed by atoms with Gasteiger partial charge in [0, 0.05) is 13.1 Å². The Bertz CT molecular complexity index is 439. The molecule has 1 fully saturated rings. The number of carbonyl (C=O) groups excluding carboxylic acids is 2. The highest BCUT2D eigenvalue weighted by Gasteiger charge is 2.16. The third kappa shape index (κ3) is 4.68. The Hall–Kier alpha value is -1.84. The van der Waals surface area contributed by atoms with Crippen molar-refractivity contribution in [3.8, 4) is 0 Å². The molecule has 0 aromatic heterocycles. The molecule has 4 nitrogen and oxygen atoms in total. The van der Waals surface area contributed by atoms with Gasteiger partial charge in [0.05, 0.1) is 0 Å². The van der Waals surface area contributed by atoms with Crippen LogP contribution in [-0.2, 0) is 16.1 Å². The number of amides is 2. The Labute approximate surface area is 119 Å². The second kappa shape index (κ2) is 7.68. The lowest BCUT2D eigenvalue weighted by Crippen LogP contribution is -2.40. The van der Waals surface area contributed by atoms with Gasteiger partial charge in [-0.05, 0) is 17.9 Å². The van der Waals surface area contributed by atoms with Crippen LogP contribution in [0.1, 0.15) is 37.7 Å². The van der Waals surface area contributed by atoms with Gasteiger partial charge >= 0.3 is 11.8 Å². The summed E-state index contributed by atoms with van der Waals surface area (Å²) in [5.74, 6) is -0.359. The van der Waals surface area contributed by atoms with Crippen molar-refractivity contribution < 1.29 is 9.59 Å². The fourth-order valence-electron chi connectivity index (χ4n) is 2.63. The van der Waals surface area contributed by atoms with Crippen molar-refractivity contribution in [3.63, 3.8) is 0 Å². The van der Waals surface area contributed by atoms with Crippen molar-refractivity contribution in [2.75, 3.05) is 6.54 Å². The second-order valence-electron chi connectivity index (χ2n) is 5.36. The number of hydrogen-bond donors (Lipinski definition) is 2. The van der Waals surface area contributed by atoms with Crippen molar-refractivity contribution in [3.05, 3.63) is 35.9 Å². The molecule has 2 rings (SSSR count). The van der Waals surface area contributed by atoms with Gasteiger partial charge in [-0.3, -0.25) is 9.59 Å². The van der Waals surface area contributed by atoms with E-state index in [1.54, 1.807) is 0 Å². The molecule has 1 saturated carbocycles. The van der Waals surface area contributed by atoms with E-state index in [1.165, 1.54) is 25.7 Å². The number of nitrogens with one attached hydrogen (secondary N) is 2. The molecule has 1 aliphatic carbocycles. The zero-order valence-corrected chi connectivity index (χ0v) is 11.7. The molecule has 2 N–H and O–H groups in total. The van der Waals surface area contributed by atoms with Crippen molar-refractivity contribution >= 4 is 11.8 Å². The summed E-state index contributed by atoms with van der Waals surface area (Å²) in [6.45, 7) is 0.984. The van der Waals surface area contributed by atoms with Gasteiger partial charge in [-0.2, -0.15) is 0 Å². The molecule has 0 radical (unpaired) electrons. The highest BCUT2D eigenvalue weighted by Crippen LogP contribution is 2.26. The summed E-state index contributed by atoms with van der Waals surface area (Å²) >= 11 is 0. The topological polar surface area (TPSA) is 58.2 Å². The van der Waals surface area contributed by atoms with E-state index in [0.29, 0.717) is 13.1 Å². The maximum atomic E-state index is 11.6. The third-order valence-electron chi connectivity index (χ3n) is 3.82. The second-order valence-corrected chi connectivity index (χ2v) is 5.36. The molecular formula is C16H22N2O2. The fourth-order valence-corrected chi connectivity index (χ4v) is 2.63. The molecule has 20 heavy (non-hydrogen) atoms. The predicted octanol–water partition coefficient (Wildman–Crippen LogP) is 2.00. The molecule has 0 heterocycles. The summed E-state index contributed by atoms with van der Waals surface area (Å²) in [5, 5.41) is 5.32. The van der Waals surface area contributed by atoms with Gasteiger partial charge in [0.15, 0.2) is 0 Å².